The Bertz CT molecular complexity index is 2280. The molecule has 0 fully saturated rings. The fourth-order valence-corrected chi connectivity index (χ4v) is 5.70. The number of furan rings is 1. The van der Waals surface area contributed by atoms with Crippen molar-refractivity contribution in [1.82, 2.24) is 14.2 Å². The van der Waals surface area contributed by atoms with Crippen molar-refractivity contribution in [2.24, 2.45) is 5.10 Å². The van der Waals surface area contributed by atoms with Gasteiger partial charge in [0.2, 0.25) is 5.82 Å². The number of nitrogens with zero attached hydrogens (tertiary/aromatic N) is 4. The van der Waals surface area contributed by atoms with Crippen LogP contribution in [0, 0.1) is 13.8 Å². The van der Waals surface area contributed by atoms with E-state index in [0.717, 1.165) is 39.3 Å². The van der Waals surface area contributed by atoms with Crippen molar-refractivity contribution in [1.29, 1.82) is 0 Å². The van der Waals surface area contributed by atoms with E-state index in [4.69, 9.17) is 37.3 Å². The number of aromatic nitrogens is 3. The zero-order valence-corrected chi connectivity index (χ0v) is 25.9. The smallest absolute Gasteiger partial charge is 0.282 e. The third-order valence-electron chi connectivity index (χ3n) is 7.65. The van der Waals surface area contributed by atoms with Crippen LogP contribution in [0.15, 0.2) is 117 Å². The lowest BCUT2D eigenvalue weighted by molar-refractivity contribution is 0.306. The van der Waals surface area contributed by atoms with E-state index in [9.17, 15) is 4.79 Å². The highest BCUT2D eigenvalue weighted by Crippen LogP contribution is 2.29. The second-order valence-electron chi connectivity index (χ2n) is 10.7. The van der Waals surface area contributed by atoms with Crippen molar-refractivity contribution in [3.63, 3.8) is 0 Å². The van der Waals surface area contributed by atoms with E-state index in [1.807, 2.05) is 92.7 Å². The monoisotopic (exact) mass is 632 g/mol. The first-order valence-corrected chi connectivity index (χ1v) is 15.0. The Kier molecular flexibility index (Phi) is 7.49. The number of aryl methyl sites for hydroxylation is 1. The number of benzene rings is 4. The Balaban J connectivity index is 1.21. The minimum atomic E-state index is -0.298. The van der Waals surface area contributed by atoms with Crippen molar-refractivity contribution in [3.8, 4) is 23.0 Å². The van der Waals surface area contributed by atoms with Gasteiger partial charge in [-0.15, -0.1) is 0 Å². The van der Waals surface area contributed by atoms with Gasteiger partial charge in [-0.2, -0.15) is 9.78 Å². The molecule has 0 atom stereocenters. The molecule has 0 bridgehead atoms. The van der Waals surface area contributed by atoms with E-state index < -0.39 is 0 Å². The predicted octanol–water partition coefficient (Wildman–Crippen LogP) is 8.99. The molecule has 0 aliphatic carbocycles. The maximum absolute atomic E-state index is 13.7. The molecule has 7 rings (SSSR count). The second kappa shape index (κ2) is 11.8. The van der Waals surface area contributed by atoms with Gasteiger partial charge in [-0.3, -0.25) is 4.79 Å². The molecule has 45 heavy (non-hydrogen) atoms. The van der Waals surface area contributed by atoms with Gasteiger partial charge in [0.15, 0.2) is 5.76 Å². The van der Waals surface area contributed by atoms with Crippen LogP contribution in [0.1, 0.15) is 22.5 Å². The Hall–Kier alpha value is -5.11. The molecule has 0 saturated heterocycles. The van der Waals surface area contributed by atoms with E-state index in [1.54, 1.807) is 30.5 Å². The van der Waals surface area contributed by atoms with Crippen LogP contribution in [0.4, 0.5) is 0 Å². The minimum absolute atomic E-state index is 0.297. The van der Waals surface area contributed by atoms with Crippen molar-refractivity contribution >= 4 is 51.3 Å². The lowest BCUT2D eigenvalue weighted by Gasteiger charge is -2.11. The average Bonchev–Trinajstić information content (AvgIpc) is 3.59. The standard InChI is InChI=1S/C36H26Cl2N4O3/c1-22-17-26(23(2)41(22)29-12-14-30(15-13-29)44-21-24-7-9-27(37)10-8-24)20-39-42-35(40-32-6-4-3-5-31(32)36(42)43)34-19-25-18-28(38)11-16-33(25)45-34/h3-20H,21H2,1-2H3. The highest BCUT2D eigenvalue weighted by Gasteiger charge is 2.17. The molecule has 7 nitrogen and oxygen atoms in total. The first kappa shape index (κ1) is 28.6. The number of hydrogen-bond acceptors (Lipinski definition) is 5. The molecule has 0 unspecified atom stereocenters. The van der Waals surface area contributed by atoms with Gasteiger partial charge in [0, 0.05) is 38.1 Å². The molecule has 0 N–H and O–H groups in total. The summed E-state index contributed by atoms with van der Waals surface area (Å²) < 4.78 is 15.5. The van der Waals surface area contributed by atoms with Gasteiger partial charge >= 0.3 is 0 Å². The predicted molar refractivity (Wildman–Crippen MR) is 180 cm³/mol. The molecule has 0 aliphatic rings. The fourth-order valence-electron chi connectivity index (χ4n) is 5.39. The fraction of sp³-hybridized carbons (Fsp3) is 0.0833. The van der Waals surface area contributed by atoms with Gasteiger partial charge in [0.05, 0.1) is 17.1 Å². The summed E-state index contributed by atoms with van der Waals surface area (Å²) in [6.45, 7) is 4.50. The molecule has 0 saturated carbocycles. The van der Waals surface area contributed by atoms with Crippen LogP contribution < -0.4 is 10.3 Å². The van der Waals surface area contributed by atoms with Gasteiger partial charge in [-0.25, -0.2) is 4.98 Å². The summed E-state index contributed by atoms with van der Waals surface area (Å²) >= 11 is 12.2. The van der Waals surface area contributed by atoms with Gasteiger partial charge < -0.3 is 13.7 Å². The number of halogens is 2. The van der Waals surface area contributed by atoms with Crippen LogP contribution >= 0.6 is 23.2 Å². The van der Waals surface area contributed by atoms with Crippen molar-refractivity contribution < 1.29 is 9.15 Å². The highest BCUT2D eigenvalue weighted by atomic mass is 35.5. The van der Waals surface area contributed by atoms with E-state index in [1.165, 1.54) is 4.68 Å². The van der Waals surface area contributed by atoms with Crippen LogP contribution in [-0.4, -0.2) is 20.4 Å². The van der Waals surface area contributed by atoms with E-state index in [2.05, 4.69) is 9.67 Å². The number of para-hydroxylation sites is 1. The topological polar surface area (TPSA) is 74.5 Å². The first-order valence-electron chi connectivity index (χ1n) is 14.3. The molecule has 3 aromatic heterocycles. The minimum Gasteiger partial charge on any atom is -0.489 e. The van der Waals surface area contributed by atoms with E-state index in [-0.39, 0.29) is 5.56 Å². The summed E-state index contributed by atoms with van der Waals surface area (Å²) in [5.74, 6) is 1.47. The molecular formula is C36H26Cl2N4O3. The summed E-state index contributed by atoms with van der Waals surface area (Å²) in [5, 5.41) is 7.21. The van der Waals surface area contributed by atoms with Crippen LogP contribution in [-0.2, 0) is 6.61 Å². The Morgan fingerprint density at radius 2 is 1.64 bits per heavy atom. The summed E-state index contributed by atoms with van der Waals surface area (Å²) in [6.07, 6.45) is 1.68. The third-order valence-corrected chi connectivity index (χ3v) is 8.14. The SMILES string of the molecule is Cc1cc(C=Nn2c(-c3cc4cc(Cl)ccc4o3)nc3ccccc3c2=O)c(C)n1-c1ccc(OCc2ccc(Cl)cc2)cc1. The van der Waals surface area contributed by atoms with Gasteiger partial charge in [-0.05, 0) is 98.3 Å². The number of ether oxygens (including phenoxy) is 1. The van der Waals surface area contributed by atoms with Crippen LogP contribution in [0.3, 0.4) is 0 Å². The van der Waals surface area contributed by atoms with Crippen LogP contribution in [0.2, 0.25) is 10.0 Å². The van der Waals surface area contributed by atoms with Gasteiger partial charge in [0.25, 0.3) is 5.56 Å². The summed E-state index contributed by atoms with van der Waals surface area (Å²) in [5.41, 5.74) is 5.76. The van der Waals surface area contributed by atoms with Crippen LogP contribution in [0.5, 0.6) is 5.75 Å². The first-order chi connectivity index (χ1) is 21.8. The maximum Gasteiger partial charge on any atom is 0.282 e. The lowest BCUT2D eigenvalue weighted by atomic mass is 10.2. The Morgan fingerprint density at radius 1 is 0.889 bits per heavy atom. The zero-order valence-electron chi connectivity index (χ0n) is 24.4. The molecule has 3 heterocycles. The van der Waals surface area contributed by atoms with Gasteiger partial charge in [0.1, 0.15) is 17.9 Å². The number of rotatable bonds is 7. The molecule has 4 aromatic carbocycles. The third kappa shape index (κ3) is 5.64. The normalized spacial score (nSPS) is 11.6. The van der Waals surface area contributed by atoms with Crippen LogP contribution in [0.25, 0.3) is 39.1 Å². The summed E-state index contributed by atoms with van der Waals surface area (Å²) in [7, 11) is 0. The molecule has 0 amide bonds. The molecule has 9 heteroatoms. The van der Waals surface area contributed by atoms with Crippen molar-refractivity contribution in [2.75, 3.05) is 0 Å². The zero-order chi connectivity index (χ0) is 31.1. The van der Waals surface area contributed by atoms with Gasteiger partial charge in [-0.1, -0.05) is 47.5 Å². The average molecular weight is 634 g/mol. The molecule has 222 valence electrons. The largest absolute Gasteiger partial charge is 0.489 e. The molecule has 0 aliphatic heterocycles. The molecular weight excluding hydrogens is 607 g/mol. The molecule has 0 spiro atoms. The second-order valence-corrected chi connectivity index (χ2v) is 11.6. The summed E-state index contributed by atoms with van der Waals surface area (Å²) in [4.78, 5) is 18.5. The van der Waals surface area contributed by atoms with Crippen molar-refractivity contribution in [2.45, 2.75) is 20.5 Å². The Morgan fingerprint density at radius 3 is 2.44 bits per heavy atom. The number of fused-ring (bicyclic) bond motifs is 2. The molecule has 0 radical (unpaired) electrons. The maximum atomic E-state index is 13.7. The quantitative estimate of drug-likeness (QED) is 0.164. The summed E-state index contributed by atoms with van der Waals surface area (Å²) in [6, 6.07) is 31.9. The Labute approximate surface area is 268 Å². The van der Waals surface area contributed by atoms with E-state index in [0.29, 0.717) is 44.7 Å². The lowest BCUT2D eigenvalue weighted by Crippen LogP contribution is -2.20. The van der Waals surface area contributed by atoms with Crippen molar-refractivity contribution in [3.05, 3.63) is 146 Å². The van der Waals surface area contributed by atoms with E-state index >= 15 is 0 Å². The highest BCUT2D eigenvalue weighted by molar-refractivity contribution is 6.31. The number of hydrogen-bond donors (Lipinski definition) is 0. The molecule has 7 aromatic rings.